The molecule has 1 amide bonds. The molecule has 6 heteroatoms. The van der Waals surface area contributed by atoms with Crippen molar-refractivity contribution in [1.29, 1.82) is 0 Å². The predicted molar refractivity (Wildman–Crippen MR) is 93.5 cm³/mol. The van der Waals surface area contributed by atoms with Gasteiger partial charge in [-0.15, -0.1) is 11.3 Å². The number of thiazole rings is 1. The molecule has 2 aromatic heterocycles. The van der Waals surface area contributed by atoms with Crippen LogP contribution >= 0.6 is 11.3 Å². The zero-order valence-electron chi connectivity index (χ0n) is 13.6. The molecule has 1 aromatic carbocycles. The number of amides is 1. The van der Waals surface area contributed by atoms with Crippen LogP contribution in [-0.4, -0.2) is 36.0 Å². The SMILES string of the molecule is Cc1ccccc1OCCN(C)C(=O)c1csc(-c2ccco2)n1. The number of ether oxygens (including phenoxy) is 1. The number of hydrogen-bond donors (Lipinski definition) is 0. The van der Waals surface area contributed by atoms with E-state index in [1.165, 1.54) is 11.3 Å². The zero-order valence-corrected chi connectivity index (χ0v) is 14.4. The molecule has 0 saturated carbocycles. The molecule has 0 N–H and O–H groups in total. The number of carbonyl (C=O) groups is 1. The van der Waals surface area contributed by atoms with Crippen LogP contribution in [0.15, 0.2) is 52.5 Å². The second kappa shape index (κ2) is 7.31. The van der Waals surface area contributed by atoms with Crippen molar-refractivity contribution in [2.24, 2.45) is 0 Å². The maximum absolute atomic E-state index is 12.4. The molecule has 0 unspecified atom stereocenters. The lowest BCUT2D eigenvalue weighted by molar-refractivity contribution is 0.0769. The van der Waals surface area contributed by atoms with Crippen LogP contribution < -0.4 is 4.74 Å². The van der Waals surface area contributed by atoms with Gasteiger partial charge in [-0.2, -0.15) is 0 Å². The summed E-state index contributed by atoms with van der Waals surface area (Å²) in [5.41, 5.74) is 1.50. The molecule has 0 atom stereocenters. The fourth-order valence-electron chi connectivity index (χ4n) is 2.19. The first kappa shape index (κ1) is 16.3. The fraction of sp³-hybridized carbons (Fsp3) is 0.222. The molecule has 24 heavy (non-hydrogen) atoms. The third-order valence-electron chi connectivity index (χ3n) is 3.58. The Hall–Kier alpha value is -2.60. The molecule has 0 aliphatic rings. The van der Waals surface area contributed by atoms with Crippen molar-refractivity contribution in [2.45, 2.75) is 6.92 Å². The van der Waals surface area contributed by atoms with Crippen LogP contribution in [0.4, 0.5) is 0 Å². The molecule has 0 radical (unpaired) electrons. The lowest BCUT2D eigenvalue weighted by Crippen LogP contribution is -2.31. The summed E-state index contributed by atoms with van der Waals surface area (Å²) in [6, 6.07) is 11.4. The smallest absolute Gasteiger partial charge is 0.273 e. The van der Waals surface area contributed by atoms with Crippen LogP contribution in [-0.2, 0) is 0 Å². The van der Waals surface area contributed by atoms with Crippen molar-refractivity contribution in [3.8, 4) is 16.5 Å². The molecule has 124 valence electrons. The standard InChI is InChI=1S/C18H18N2O3S/c1-13-6-3-4-7-15(13)23-11-9-20(2)18(21)14-12-24-17(19-14)16-8-5-10-22-16/h3-8,10,12H,9,11H2,1-2H3. The van der Waals surface area contributed by atoms with Crippen LogP contribution in [0.1, 0.15) is 16.1 Å². The average molecular weight is 342 g/mol. The number of benzene rings is 1. The van der Waals surface area contributed by atoms with Gasteiger partial charge >= 0.3 is 0 Å². The van der Waals surface area contributed by atoms with E-state index >= 15 is 0 Å². The Morgan fingerprint density at radius 1 is 1.29 bits per heavy atom. The zero-order chi connectivity index (χ0) is 16.9. The second-order valence-corrected chi connectivity index (χ2v) is 6.21. The number of aryl methyl sites for hydroxylation is 1. The first-order valence-corrected chi connectivity index (χ1v) is 8.46. The summed E-state index contributed by atoms with van der Waals surface area (Å²) < 4.78 is 11.0. The van der Waals surface area contributed by atoms with Crippen LogP contribution in [0.2, 0.25) is 0 Å². The number of rotatable bonds is 6. The van der Waals surface area contributed by atoms with Gasteiger partial charge in [0, 0.05) is 12.4 Å². The maximum atomic E-state index is 12.4. The molecule has 3 aromatic rings. The highest BCUT2D eigenvalue weighted by Gasteiger charge is 2.17. The number of hydrogen-bond acceptors (Lipinski definition) is 5. The average Bonchev–Trinajstić information content (AvgIpc) is 3.27. The Morgan fingerprint density at radius 3 is 2.88 bits per heavy atom. The number of carbonyl (C=O) groups excluding carboxylic acids is 1. The lowest BCUT2D eigenvalue weighted by Gasteiger charge is -2.17. The van der Waals surface area contributed by atoms with Gasteiger partial charge in [-0.05, 0) is 30.7 Å². The first-order valence-electron chi connectivity index (χ1n) is 7.58. The third kappa shape index (κ3) is 3.65. The van der Waals surface area contributed by atoms with E-state index in [1.807, 2.05) is 37.3 Å². The topological polar surface area (TPSA) is 55.6 Å². The Balaban J connectivity index is 1.56. The maximum Gasteiger partial charge on any atom is 0.273 e. The summed E-state index contributed by atoms with van der Waals surface area (Å²) in [6.45, 7) is 2.92. The van der Waals surface area contributed by atoms with E-state index in [4.69, 9.17) is 9.15 Å². The van der Waals surface area contributed by atoms with E-state index < -0.39 is 0 Å². The normalized spacial score (nSPS) is 10.6. The minimum atomic E-state index is -0.127. The number of furan rings is 1. The van der Waals surface area contributed by atoms with Gasteiger partial charge in [-0.3, -0.25) is 4.79 Å². The molecule has 0 saturated heterocycles. The van der Waals surface area contributed by atoms with Crippen molar-refractivity contribution in [1.82, 2.24) is 9.88 Å². The Bertz CT molecular complexity index is 811. The van der Waals surface area contributed by atoms with Crippen LogP contribution in [0.25, 0.3) is 10.8 Å². The second-order valence-electron chi connectivity index (χ2n) is 5.36. The van der Waals surface area contributed by atoms with Gasteiger partial charge in [-0.1, -0.05) is 18.2 Å². The minimum Gasteiger partial charge on any atom is -0.491 e. The minimum absolute atomic E-state index is 0.127. The van der Waals surface area contributed by atoms with Crippen LogP contribution in [0, 0.1) is 6.92 Å². The van der Waals surface area contributed by atoms with Gasteiger partial charge in [0.15, 0.2) is 10.8 Å². The molecule has 3 rings (SSSR count). The van der Waals surface area contributed by atoms with Crippen molar-refractivity contribution >= 4 is 17.2 Å². The van der Waals surface area contributed by atoms with E-state index in [-0.39, 0.29) is 5.91 Å². The number of nitrogens with zero attached hydrogens (tertiary/aromatic N) is 2. The lowest BCUT2D eigenvalue weighted by atomic mass is 10.2. The molecular weight excluding hydrogens is 324 g/mol. The van der Waals surface area contributed by atoms with Crippen LogP contribution in [0.3, 0.4) is 0 Å². The molecule has 0 aliphatic heterocycles. The van der Waals surface area contributed by atoms with E-state index in [2.05, 4.69) is 4.98 Å². The van der Waals surface area contributed by atoms with Crippen LogP contribution in [0.5, 0.6) is 5.75 Å². The van der Waals surface area contributed by atoms with Crippen molar-refractivity contribution in [2.75, 3.05) is 20.2 Å². The molecule has 0 aliphatic carbocycles. The monoisotopic (exact) mass is 342 g/mol. The fourth-order valence-corrected chi connectivity index (χ4v) is 2.95. The highest BCUT2D eigenvalue weighted by atomic mass is 32.1. The van der Waals surface area contributed by atoms with E-state index in [9.17, 15) is 4.79 Å². The van der Waals surface area contributed by atoms with E-state index in [0.717, 1.165) is 11.3 Å². The Labute approximate surface area is 144 Å². The summed E-state index contributed by atoms with van der Waals surface area (Å²) in [7, 11) is 1.75. The van der Waals surface area contributed by atoms with Gasteiger partial charge in [-0.25, -0.2) is 4.98 Å². The number of para-hydroxylation sites is 1. The number of aromatic nitrogens is 1. The quantitative estimate of drug-likeness (QED) is 0.682. The van der Waals surface area contributed by atoms with Gasteiger partial charge in [0.05, 0.1) is 12.8 Å². The van der Waals surface area contributed by atoms with Crippen molar-refractivity contribution in [3.63, 3.8) is 0 Å². The molecular formula is C18H18N2O3S. The van der Waals surface area contributed by atoms with E-state index in [1.54, 1.807) is 29.7 Å². The summed E-state index contributed by atoms with van der Waals surface area (Å²) in [5.74, 6) is 1.38. The molecule has 0 fully saturated rings. The van der Waals surface area contributed by atoms with Gasteiger partial charge < -0.3 is 14.1 Å². The Kier molecular flexibility index (Phi) is 4.96. The third-order valence-corrected chi connectivity index (χ3v) is 4.44. The first-order chi connectivity index (χ1) is 11.6. The van der Waals surface area contributed by atoms with Gasteiger partial charge in [0.1, 0.15) is 18.1 Å². The van der Waals surface area contributed by atoms with E-state index in [0.29, 0.717) is 29.6 Å². The Morgan fingerprint density at radius 2 is 2.12 bits per heavy atom. The van der Waals surface area contributed by atoms with Crippen molar-refractivity contribution < 1.29 is 13.9 Å². The summed E-state index contributed by atoms with van der Waals surface area (Å²) in [6.07, 6.45) is 1.59. The molecule has 0 spiro atoms. The summed E-state index contributed by atoms with van der Waals surface area (Å²) in [4.78, 5) is 18.4. The highest BCUT2D eigenvalue weighted by molar-refractivity contribution is 7.13. The summed E-state index contributed by atoms with van der Waals surface area (Å²) >= 11 is 1.39. The number of likely N-dealkylation sites (N-methyl/N-ethyl adjacent to an activating group) is 1. The molecule has 2 heterocycles. The van der Waals surface area contributed by atoms with Gasteiger partial charge in [0.2, 0.25) is 0 Å². The predicted octanol–water partition coefficient (Wildman–Crippen LogP) is 3.86. The van der Waals surface area contributed by atoms with Crippen molar-refractivity contribution in [3.05, 3.63) is 59.3 Å². The van der Waals surface area contributed by atoms with Gasteiger partial charge in [0.25, 0.3) is 5.91 Å². The largest absolute Gasteiger partial charge is 0.491 e. The molecule has 5 nitrogen and oxygen atoms in total. The summed E-state index contributed by atoms with van der Waals surface area (Å²) in [5, 5.41) is 2.45. The highest BCUT2D eigenvalue weighted by Crippen LogP contribution is 2.24. The molecule has 0 bridgehead atoms.